The molecule has 0 saturated heterocycles. The second-order valence-corrected chi connectivity index (χ2v) is 6.52. The highest BCUT2D eigenvalue weighted by Crippen LogP contribution is 2.22. The van der Waals surface area contributed by atoms with E-state index in [1.807, 2.05) is 0 Å². The van der Waals surface area contributed by atoms with Gasteiger partial charge in [-0.25, -0.2) is 0 Å². The molecule has 21 heavy (non-hydrogen) atoms. The van der Waals surface area contributed by atoms with Crippen molar-refractivity contribution in [2.75, 3.05) is 0 Å². The molecule has 1 atom stereocenters. The maximum atomic E-state index is 5.95. The number of halogens is 1. The molecular formula is C18H19BrN2. The minimum Gasteiger partial charge on any atom is -0.343 e. The third-order valence-electron chi connectivity index (χ3n) is 3.71. The molecule has 2 aromatic carbocycles. The van der Waals surface area contributed by atoms with Gasteiger partial charge in [-0.1, -0.05) is 40.2 Å². The fourth-order valence-electron chi connectivity index (χ4n) is 2.74. The fourth-order valence-corrected chi connectivity index (χ4v) is 3.00. The van der Waals surface area contributed by atoms with Crippen molar-refractivity contribution in [2.45, 2.75) is 25.9 Å². The van der Waals surface area contributed by atoms with Crippen LogP contribution in [0.4, 0.5) is 0 Å². The Hall–Kier alpha value is -1.58. The van der Waals surface area contributed by atoms with E-state index >= 15 is 0 Å². The van der Waals surface area contributed by atoms with E-state index in [4.69, 9.17) is 5.73 Å². The van der Waals surface area contributed by atoms with Gasteiger partial charge in [0.05, 0.1) is 0 Å². The SMILES string of the molecule is CC(N)Cc1cccc2c1ccn2Cc1ccc(Br)cc1. The summed E-state index contributed by atoms with van der Waals surface area (Å²) in [4.78, 5) is 0. The Labute approximate surface area is 133 Å². The molecule has 2 N–H and O–H groups in total. The van der Waals surface area contributed by atoms with E-state index in [0.717, 1.165) is 17.4 Å². The van der Waals surface area contributed by atoms with Crippen LogP contribution in [0, 0.1) is 0 Å². The first-order valence-electron chi connectivity index (χ1n) is 7.20. The molecule has 108 valence electrons. The van der Waals surface area contributed by atoms with E-state index in [9.17, 15) is 0 Å². The van der Waals surface area contributed by atoms with Gasteiger partial charge in [-0.15, -0.1) is 0 Å². The Morgan fingerprint density at radius 3 is 2.57 bits per heavy atom. The van der Waals surface area contributed by atoms with E-state index in [0.29, 0.717) is 0 Å². The maximum absolute atomic E-state index is 5.95. The summed E-state index contributed by atoms with van der Waals surface area (Å²) in [7, 11) is 0. The summed E-state index contributed by atoms with van der Waals surface area (Å²) >= 11 is 3.48. The highest BCUT2D eigenvalue weighted by Gasteiger charge is 2.07. The zero-order chi connectivity index (χ0) is 14.8. The van der Waals surface area contributed by atoms with Crippen LogP contribution in [0.5, 0.6) is 0 Å². The van der Waals surface area contributed by atoms with E-state index in [1.165, 1.54) is 22.0 Å². The minimum atomic E-state index is 0.186. The van der Waals surface area contributed by atoms with E-state index in [1.54, 1.807) is 0 Å². The molecule has 1 unspecified atom stereocenters. The highest BCUT2D eigenvalue weighted by atomic mass is 79.9. The number of aromatic nitrogens is 1. The lowest BCUT2D eigenvalue weighted by molar-refractivity contribution is 0.741. The largest absolute Gasteiger partial charge is 0.343 e. The summed E-state index contributed by atoms with van der Waals surface area (Å²) in [6.45, 7) is 2.94. The van der Waals surface area contributed by atoms with Crippen molar-refractivity contribution in [3.8, 4) is 0 Å². The molecule has 3 rings (SSSR count). The number of nitrogens with two attached hydrogens (primary N) is 1. The summed E-state index contributed by atoms with van der Waals surface area (Å²) in [6.07, 6.45) is 3.08. The first-order valence-corrected chi connectivity index (χ1v) is 7.99. The van der Waals surface area contributed by atoms with Crippen LogP contribution >= 0.6 is 15.9 Å². The van der Waals surface area contributed by atoms with Crippen molar-refractivity contribution in [3.05, 3.63) is 70.3 Å². The number of benzene rings is 2. The zero-order valence-electron chi connectivity index (χ0n) is 12.1. The quantitative estimate of drug-likeness (QED) is 0.751. The van der Waals surface area contributed by atoms with Crippen molar-refractivity contribution in [1.82, 2.24) is 4.57 Å². The van der Waals surface area contributed by atoms with E-state index in [2.05, 4.69) is 82.1 Å². The summed E-state index contributed by atoms with van der Waals surface area (Å²) in [5.41, 5.74) is 9.85. The Balaban J connectivity index is 1.95. The first kappa shape index (κ1) is 14.4. The number of hydrogen-bond acceptors (Lipinski definition) is 1. The first-order chi connectivity index (χ1) is 10.1. The van der Waals surface area contributed by atoms with Gasteiger partial charge in [0.25, 0.3) is 0 Å². The van der Waals surface area contributed by atoms with Gasteiger partial charge in [0.2, 0.25) is 0 Å². The standard InChI is InChI=1S/C18H19BrN2/c1-13(20)11-15-3-2-4-18-17(15)9-10-21(18)12-14-5-7-16(19)8-6-14/h2-10,13H,11-12,20H2,1H3. The van der Waals surface area contributed by atoms with Crippen LogP contribution in [0.25, 0.3) is 10.9 Å². The zero-order valence-corrected chi connectivity index (χ0v) is 13.7. The molecule has 3 heteroatoms. The molecule has 0 aliphatic rings. The van der Waals surface area contributed by atoms with E-state index < -0.39 is 0 Å². The Bertz CT molecular complexity index is 742. The average molecular weight is 343 g/mol. The van der Waals surface area contributed by atoms with Crippen molar-refractivity contribution < 1.29 is 0 Å². The number of fused-ring (bicyclic) bond motifs is 1. The maximum Gasteiger partial charge on any atom is 0.0486 e. The molecule has 0 spiro atoms. The van der Waals surface area contributed by atoms with E-state index in [-0.39, 0.29) is 6.04 Å². The normalized spacial score (nSPS) is 12.7. The van der Waals surface area contributed by atoms with Gasteiger partial charge >= 0.3 is 0 Å². The lowest BCUT2D eigenvalue weighted by Gasteiger charge is -2.09. The molecule has 1 aromatic heterocycles. The van der Waals surface area contributed by atoms with Crippen LogP contribution in [0.1, 0.15) is 18.1 Å². The fraction of sp³-hybridized carbons (Fsp3) is 0.222. The minimum absolute atomic E-state index is 0.186. The summed E-state index contributed by atoms with van der Waals surface area (Å²) in [6, 6.07) is 17.3. The Morgan fingerprint density at radius 1 is 1.10 bits per heavy atom. The predicted molar refractivity (Wildman–Crippen MR) is 92.5 cm³/mol. The van der Waals surface area contributed by atoms with Crippen molar-refractivity contribution in [3.63, 3.8) is 0 Å². The lowest BCUT2D eigenvalue weighted by atomic mass is 10.0. The molecule has 0 fully saturated rings. The van der Waals surface area contributed by atoms with Crippen LogP contribution in [0.3, 0.4) is 0 Å². The molecule has 0 bridgehead atoms. The molecule has 0 saturated carbocycles. The molecule has 0 radical (unpaired) electrons. The number of hydrogen-bond donors (Lipinski definition) is 1. The Kier molecular flexibility index (Phi) is 4.13. The van der Waals surface area contributed by atoms with Crippen LogP contribution in [-0.2, 0) is 13.0 Å². The molecular weight excluding hydrogens is 324 g/mol. The van der Waals surface area contributed by atoms with Gasteiger partial charge in [0.1, 0.15) is 0 Å². The number of rotatable bonds is 4. The van der Waals surface area contributed by atoms with Crippen molar-refractivity contribution in [1.29, 1.82) is 0 Å². The highest BCUT2D eigenvalue weighted by molar-refractivity contribution is 9.10. The molecule has 0 amide bonds. The lowest BCUT2D eigenvalue weighted by Crippen LogP contribution is -2.17. The Morgan fingerprint density at radius 2 is 1.86 bits per heavy atom. The van der Waals surface area contributed by atoms with Gasteiger partial charge in [0, 0.05) is 34.2 Å². The van der Waals surface area contributed by atoms with Crippen LogP contribution < -0.4 is 5.73 Å². The molecule has 0 aliphatic heterocycles. The summed E-state index contributed by atoms with van der Waals surface area (Å²) in [5, 5.41) is 1.31. The van der Waals surface area contributed by atoms with Gasteiger partial charge in [-0.2, -0.15) is 0 Å². The third-order valence-corrected chi connectivity index (χ3v) is 4.24. The van der Waals surface area contributed by atoms with Gasteiger partial charge in [0.15, 0.2) is 0 Å². The average Bonchev–Trinajstić information content (AvgIpc) is 2.85. The van der Waals surface area contributed by atoms with Gasteiger partial charge in [-0.3, -0.25) is 0 Å². The third kappa shape index (κ3) is 3.20. The van der Waals surface area contributed by atoms with Crippen LogP contribution in [0.15, 0.2) is 59.2 Å². The monoisotopic (exact) mass is 342 g/mol. The van der Waals surface area contributed by atoms with Crippen molar-refractivity contribution in [2.24, 2.45) is 5.73 Å². The molecule has 3 aromatic rings. The van der Waals surface area contributed by atoms with Crippen LogP contribution in [0.2, 0.25) is 0 Å². The van der Waals surface area contributed by atoms with Crippen molar-refractivity contribution >= 4 is 26.8 Å². The second-order valence-electron chi connectivity index (χ2n) is 5.60. The molecule has 0 aliphatic carbocycles. The summed E-state index contributed by atoms with van der Waals surface area (Å²) < 4.78 is 3.41. The number of nitrogens with zero attached hydrogens (tertiary/aromatic N) is 1. The predicted octanol–water partition coefficient (Wildman–Crippen LogP) is 4.34. The van der Waals surface area contributed by atoms with Crippen LogP contribution in [-0.4, -0.2) is 10.6 Å². The smallest absolute Gasteiger partial charge is 0.0486 e. The van der Waals surface area contributed by atoms with Gasteiger partial charge in [-0.05, 0) is 48.7 Å². The molecule has 1 heterocycles. The molecule has 2 nitrogen and oxygen atoms in total. The second kappa shape index (κ2) is 6.04. The van der Waals surface area contributed by atoms with Gasteiger partial charge < -0.3 is 10.3 Å². The topological polar surface area (TPSA) is 30.9 Å². The summed E-state index contributed by atoms with van der Waals surface area (Å²) in [5.74, 6) is 0.